The van der Waals surface area contributed by atoms with E-state index in [9.17, 15) is 0 Å². The molecule has 0 unspecified atom stereocenters. The molecule has 4 heteroatoms. The van der Waals surface area contributed by atoms with E-state index >= 15 is 0 Å². The third-order valence-corrected chi connectivity index (χ3v) is 0. The Kier molecular flexibility index (Phi) is 771. The zero-order valence-corrected chi connectivity index (χ0v) is 3.87. The Morgan fingerprint density at radius 3 is 1.00 bits per heavy atom. The molecule has 0 spiro atoms. The van der Waals surface area contributed by atoms with E-state index in [1.165, 1.54) is 0 Å². The van der Waals surface area contributed by atoms with Crippen LogP contribution < -0.4 is 0 Å². The first-order chi connectivity index (χ1) is 0. The van der Waals surface area contributed by atoms with E-state index < -0.39 is 0 Å². The van der Waals surface area contributed by atoms with E-state index in [4.69, 9.17) is 0 Å². The molecule has 0 aliphatic rings. The maximum Gasteiger partial charge on any atom is 0 e. The minimum Gasteiger partial charge on any atom is -0.870 e. The molecule has 0 fully saturated rings. The molecule has 0 aromatic carbocycles. The molecule has 1 radical (unpaired) electrons. The van der Waals surface area contributed by atoms with Crippen LogP contribution in [0.5, 0.6) is 0 Å². The largest absolute Gasteiger partial charge is 0.870 e. The van der Waals surface area contributed by atoms with Crippen LogP contribution in [0.4, 0.5) is 0 Å². The Labute approximate surface area is 45.8 Å². The summed E-state index contributed by atoms with van der Waals surface area (Å²) in [4.78, 5) is 0. The van der Waals surface area contributed by atoms with Gasteiger partial charge in [0, 0.05) is 34.4 Å². The van der Waals surface area contributed by atoms with Crippen LogP contribution in [-0.4, -0.2) is 11.0 Å². The van der Waals surface area contributed by atoms with Crippen molar-refractivity contribution >= 4 is 0 Å². The molecule has 0 bridgehead atoms. The molecule has 33 valence electrons. The monoisotopic (exact) mass is 150 g/mol. The quantitative estimate of drug-likeness (QED) is 0.409. The fourth-order valence-corrected chi connectivity index (χ4v) is 0. The van der Waals surface area contributed by atoms with Crippen molar-refractivity contribution in [3.63, 3.8) is 0 Å². The molecule has 0 saturated heterocycles. The van der Waals surface area contributed by atoms with Gasteiger partial charge in [-0.25, -0.2) is 0 Å². The van der Waals surface area contributed by atoms with Crippen LogP contribution in [0.25, 0.3) is 0 Å². The molecule has 2 nitrogen and oxygen atoms in total. The van der Waals surface area contributed by atoms with Crippen molar-refractivity contribution in [1.29, 1.82) is 0 Å². The average molecular weight is 151 g/mol. The number of hydrogen-bond acceptors (Lipinski definition) is 1. The maximum absolute atomic E-state index is 0. The van der Waals surface area contributed by atoms with Gasteiger partial charge in [-0.1, -0.05) is 0 Å². The normalized spacial score (nSPS) is 0. The molecule has 0 aliphatic carbocycles. The van der Waals surface area contributed by atoms with E-state index in [1.807, 2.05) is 0 Å². The molecule has 0 saturated carbocycles. The van der Waals surface area contributed by atoms with Crippen LogP contribution in [0.15, 0.2) is 0 Å². The fourth-order valence-electron chi connectivity index (χ4n) is 0. The summed E-state index contributed by atoms with van der Waals surface area (Å²) < 4.78 is 0. The van der Waals surface area contributed by atoms with E-state index in [0.717, 1.165) is 0 Å². The zero-order chi connectivity index (χ0) is 0. The molecule has 0 rings (SSSR count). The second-order valence-electron chi connectivity index (χ2n) is 0. The van der Waals surface area contributed by atoms with Crippen molar-refractivity contribution < 1.29 is 45.4 Å². The summed E-state index contributed by atoms with van der Waals surface area (Å²) in [6.45, 7) is 0. The third kappa shape index (κ3) is 12.2. The molecule has 0 atom stereocenters. The van der Waals surface area contributed by atoms with Gasteiger partial charge in [-0.15, -0.1) is 0 Å². The Bertz CT molecular complexity index is 6.00. The van der Waals surface area contributed by atoms with Crippen molar-refractivity contribution in [2.45, 2.75) is 0 Å². The summed E-state index contributed by atoms with van der Waals surface area (Å²) in [6.07, 6.45) is 0. The van der Waals surface area contributed by atoms with Gasteiger partial charge in [0.2, 0.25) is 0 Å². The van der Waals surface area contributed by atoms with Crippen LogP contribution in [0.2, 0.25) is 0 Å². The summed E-state index contributed by atoms with van der Waals surface area (Å²) >= 11 is 0. The minimum atomic E-state index is 0. The molecule has 3 N–H and O–H groups in total. The van der Waals surface area contributed by atoms with Crippen LogP contribution >= 0.6 is 0 Å². The molecular weight excluding hydrogens is 148 g/mol. The number of hydrogen-bond donors (Lipinski definition) is 0. The van der Waals surface area contributed by atoms with Gasteiger partial charge in [-0.3, -0.25) is 0 Å². The average Bonchev–Trinajstić information content (AvgIpc) is 0. The van der Waals surface area contributed by atoms with Gasteiger partial charge < -0.3 is 11.0 Å². The minimum absolute atomic E-state index is 0. The predicted octanol–water partition coefficient (Wildman–Crippen LogP) is -1.01. The van der Waals surface area contributed by atoms with Gasteiger partial charge in [0.1, 0.15) is 0 Å². The fraction of sp³-hybridized carbons (Fsp3) is 0. The van der Waals surface area contributed by atoms with Gasteiger partial charge in [-0.05, 0) is 0 Å². The molecule has 0 amide bonds. The first-order valence-electron chi connectivity index (χ1n) is 0. The van der Waals surface area contributed by atoms with E-state index in [1.54, 1.807) is 0 Å². The second kappa shape index (κ2) is 37.1. The Hall–Kier alpha value is 0.972. The van der Waals surface area contributed by atoms with Crippen molar-refractivity contribution in [2.24, 2.45) is 0 Å². The SMILES string of the molecule is O.[Cr].[Cu].[OH-]. The summed E-state index contributed by atoms with van der Waals surface area (Å²) in [6, 6.07) is 0. The van der Waals surface area contributed by atoms with Crippen LogP contribution in [0.1, 0.15) is 0 Å². The topological polar surface area (TPSA) is 61.5 Å². The first-order valence-corrected chi connectivity index (χ1v) is 0. The predicted molar refractivity (Wildman–Crippen MR) is 5.55 cm³/mol. The van der Waals surface area contributed by atoms with E-state index in [-0.39, 0.29) is 45.4 Å². The van der Waals surface area contributed by atoms with Gasteiger partial charge in [0.15, 0.2) is 0 Å². The summed E-state index contributed by atoms with van der Waals surface area (Å²) in [5.74, 6) is 0. The van der Waals surface area contributed by atoms with Gasteiger partial charge in [-0.2, -0.15) is 0 Å². The van der Waals surface area contributed by atoms with Crippen molar-refractivity contribution in [3.05, 3.63) is 0 Å². The molecule has 0 heterocycles. The van der Waals surface area contributed by atoms with Crippen molar-refractivity contribution in [2.75, 3.05) is 0 Å². The van der Waals surface area contributed by atoms with Crippen molar-refractivity contribution in [3.8, 4) is 0 Å². The summed E-state index contributed by atoms with van der Waals surface area (Å²) in [7, 11) is 0. The molecule has 0 aliphatic heterocycles. The Morgan fingerprint density at radius 1 is 1.00 bits per heavy atom. The summed E-state index contributed by atoms with van der Waals surface area (Å²) in [5, 5.41) is 0. The molecule has 4 heavy (non-hydrogen) atoms. The smallest absolute Gasteiger partial charge is 0 e. The second-order valence-corrected chi connectivity index (χ2v) is 0. The molecule has 0 aromatic heterocycles. The zero-order valence-electron chi connectivity index (χ0n) is 1.66. The van der Waals surface area contributed by atoms with Crippen LogP contribution in [0, 0.1) is 0 Å². The van der Waals surface area contributed by atoms with Crippen molar-refractivity contribution in [1.82, 2.24) is 0 Å². The Balaban J connectivity index is 0. The molecular formula is H3CrCuO2-. The standard InChI is InChI=1S/Cr.Cu.2H2O/h;;2*1H2/p-1. The van der Waals surface area contributed by atoms with Gasteiger partial charge >= 0.3 is 0 Å². The summed E-state index contributed by atoms with van der Waals surface area (Å²) in [5.41, 5.74) is 0. The van der Waals surface area contributed by atoms with Crippen LogP contribution in [0.3, 0.4) is 0 Å². The van der Waals surface area contributed by atoms with Gasteiger partial charge in [0.05, 0.1) is 0 Å². The first kappa shape index (κ1) is 83.0. The van der Waals surface area contributed by atoms with E-state index in [0.29, 0.717) is 0 Å². The molecule has 0 aromatic rings. The third-order valence-electron chi connectivity index (χ3n) is 0. The number of rotatable bonds is 0. The Morgan fingerprint density at radius 2 is 1.00 bits per heavy atom. The van der Waals surface area contributed by atoms with Crippen LogP contribution in [-0.2, 0) is 34.4 Å². The maximum atomic E-state index is 0. The van der Waals surface area contributed by atoms with E-state index in [2.05, 4.69) is 0 Å². The van der Waals surface area contributed by atoms with Gasteiger partial charge in [0.25, 0.3) is 0 Å².